The predicted molar refractivity (Wildman–Crippen MR) is 140 cm³/mol. The molecule has 5 rings (SSSR count). The fraction of sp³-hybridized carbons (Fsp3) is 0.125. The Balaban J connectivity index is 1.38. The van der Waals surface area contributed by atoms with Gasteiger partial charge in [-0.3, -0.25) is 0 Å². The van der Waals surface area contributed by atoms with Crippen LogP contribution >= 0.6 is 0 Å². The number of aryl methyl sites for hydroxylation is 1. The fourth-order valence-corrected chi connectivity index (χ4v) is 4.61. The van der Waals surface area contributed by atoms with Crippen LogP contribution in [0.1, 0.15) is 24.5 Å². The molecule has 0 bridgehead atoms. The Morgan fingerprint density at radius 1 is 0.585 bits per heavy atom. The van der Waals surface area contributed by atoms with Gasteiger partial charge < -0.3 is 4.74 Å². The molecule has 0 aliphatic heterocycles. The lowest BCUT2D eigenvalue weighted by Gasteiger charge is -2.20. The first-order chi connectivity index (χ1) is 19.5. The number of alkyl halides is 2. The minimum Gasteiger partial charge on any atom is -0.429 e. The van der Waals surface area contributed by atoms with E-state index in [1.54, 1.807) is 31.2 Å². The number of rotatable bonds is 7. The van der Waals surface area contributed by atoms with E-state index < -0.39 is 52.0 Å². The molecule has 9 heteroatoms. The number of ether oxygens (including phenoxy) is 1. The Labute approximate surface area is 229 Å². The minimum absolute atomic E-state index is 0.0284. The molecule has 0 spiro atoms. The summed E-state index contributed by atoms with van der Waals surface area (Å²) in [4.78, 5) is 0. The summed E-state index contributed by atoms with van der Waals surface area (Å²) >= 11 is 0. The molecule has 0 N–H and O–H groups in total. The standard InChI is InChI=1S/C32H20F8O/c1-2-3-21-14-20-10-13-24(29(36)27(20)31(38)28(21)35)32(39,40)41-23-11-8-18(9-12-23)17-4-6-19(7-5-17)22-15-25(33)30(37)26(34)16-22/h4-16H,2-3H2,1H3. The monoisotopic (exact) mass is 572 g/mol. The van der Waals surface area contributed by atoms with Gasteiger partial charge >= 0.3 is 6.11 Å². The van der Waals surface area contributed by atoms with E-state index in [1.165, 1.54) is 30.3 Å². The molecule has 1 nitrogen and oxygen atoms in total. The zero-order valence-corrected chi connectivity index (χ0v) is 21.4. The Kier molecular flexibility index (Phi) is 7.46. The third-order valence-electron chi connectivity index (χ3n) is 6.67. The second-order valence-electron chi connectivity index (χ2n) is 9.41. The van der Waals surface area contributed by atoms with Crippen LogP contribution in [0.4, 0.5) is 35.1 Å². The van der Waals surface area contributed by atoms with E-state index in [4.69, 9.17) is 4.74 Å². The third-order valence-corrected chi connectivity index (χ3v) is 6.67. The van der Waals surface area contributed by atoms with E-state index >= 15 is 13.2 Å². The van der Waals surface area contributed by atoms with E-state index in [0.717, 1.165) is 24.3 Å². The molecule has 0 fully saturated rings. The van der Waals surface area contributed by atoms with Crippen LogP contribution in [-0.4, -0.2) is 0 Å². The molecule has 210 valence electrons. The Bertz CT molecular complexity index is 1720. The normalized spacial score (nSPS) is 11.7. The molecule has 0 unspecified atom stereocenters. The molecule has 41 heavy (non-hydrogen) atoms. The molecular weight excluding hydrogens is 552 g/mol. The summed E-state index contributed by atoms with van der Waals surface area (Å²) in [5.74, 6) is -8.96. The molecule has 0 radical (unpaired) electrons. The topological polar surface area (TPSA) is 9.23 Å². The zero-order chi connectivity index (χ0) is 29.5. The van der Waals surface area contributed by atoms with Crippen LogP contribution in [0.25, 0.3) is 33.0 Å². The van der Waals surface area contributed by atoms with Crippen molar-refractivity contribution in [2.75, 3.05) is 0 Å². The Hall–Kier alpha value is -4.40. The SMILES string of the molecule is CCCc1cc2ccc(C(F)(F)Oc3ccc(-c4ccc(-c5cc(F)c(F)c(F)c5)cc4)cc3)c(F)c2c(F)c1F. The molecule has 0 atom stereocenters. The first kappa shape index (κ1) is 28.1. The van der Waals surface area contributed by atoms with Crippen molar-refractivity contribution in [2.45, 2.75) is 25.9 Å². The average Bonchev–Trinajstić information content (AvgIpc) is 2.94. The number of fused-ring (bicyclic) bond motifs is 1. The molecule has 5 aromatic carbocycles. The summed E-state index contributed by atoms with van der Waals surface area (Å²) < 4.78 is 119. The van der Waals surface area contributed by atoms with E-state index in [1.807, 2.05) is 0 Å². The quantitative estimate of drug-likeness (QED) is 0.139. The molecule has 5 aromatic rings. The van der Waals surface area contributed by atoms with Crippen molar-refractivity contribution in [3.63, 3.8) is 0 Å². The van der Waals surface area contributed by atoms with Crippen LogP contribution < -0.4 is 4.74 Å². The second-order valence-corrected chi connectivity index (χ2v) is 9.41. The first-order valence-electron chi connectivity index (χ1n) is 12.5. The van der Waals surface area contributed by atoms with Crippen molar-refractivity contribution < 1.29 is 39.9 Å². The van der Waals surface area contributed by atoms with E-state index in [-0.39, 0.29) is 28.7 Å². The minimum atomic E-state index is -4.22. The molecule has 0 saturated carbocycles. The van der Waals surface area contributed by atoms with Gasteiger partial charge in [0.15, 0.2) is 29.1 Å². The van der Waals surface area contributed by atoms with Gasteiger partial charge in [-0.2, -0.15) is 8.78 Å². The second kappa shape index (κ2) is 10.9. The van der Waals surface area contributed by atoms with Gasteiger partial charge in [-0.1, -0.05) is 55.8 Å². The molecule has 0 heterocycles. The van der Waals surface area contributed by atoms with Gasteiger partial charge in [-0.25, -0.2) is 26.3 Å². The lowest BCUT2D eigenvalue weighted by atomic mass is 9.99. The average molecular weight is 572 g/mol. The van der Waals surface area contributed by atoms with Crippen molar-refractivity contribution >= 4 is 10.8 Å². The van der Waals surface area contributed by atoms with Gasteiger partial charge in [-0.05, 0) is 76.0 Å². The highest BCUT2D eigenvalue weighted by Crippen LogP contribution is 2.38. The molecule has 0 aromatic heterocycles. The summed E-state index contributed by atoms with van der Waals surface area (Å²) in [5.41, 5.74) is 0.516. The van der Waals surface area contributed by atoms with Crippen molar-refractivity contribution in [2.24, 2.45) is 0 Å². The highest BCUT2D eigenvalue weighted by atomic mass is 19.3. The zero-order valence-electron chi connectivity index (χ0n) is 21.4. The molecule has 0 aliphatic rings. The van der Waals surface area contributed by atoms with Crippen molar-refractivity contribution in [1.82, 2.24) is 0 Å². The lowest BCUT2D eigenvalue weighted by Crippen LogP contribution is -2.23. The van der Waals surface area contributed by atoms with Gasteiger partial charge in [0.2, 0.25) is 0 Å². The maximum absolute atomic E-state index is 15.1. The van der Waals surface area contributed by atoms with Crippen LogP contribution in [0.15, 0.2) is 78.9 Å². The molecule has 0 aliphatic carbocycles. The predicted octanol–water partition coefficient (Wildman–Crippen LogP) is 10.1. The van der Waals surface area contributed by atoms with Gasteiger partial charge in [0.1, 0.15) is 17.1 Å². The van der Waals surface area contributed by atoms with Crippen LogP contribution in [0.3, 0.4) is 0 Å². The maximum Gasteiger partial charge on any atom is 0.429 e. The first-order valence-corrected chi connectivity index (χ1v) is 12.5. The van der Waals surface area contributed by atoms with Crippen LogP contribution in [0.5, 0.6) is 5.75 Å². The van der Waals surface area contributed by atoms with E-state index in [9.17, 15) is 22.0 Å². The van der Waals surface area contributed by atoms with Crippen LogP contribution in [-0.2, 0) is 12.5 Å². The van der Waals surface area contributed by atoms with Crippen LogP contribution in [0.2, 0.25) is 0 Å². The highest BCUT2D eigenvalue weighted by molar-refractivity contribution is 5.85. The van der Waals surface area contributed by atoms with Gasteiger partial charge in [0.25, 0.3) is 0 Å². The molecule has 0 amide bonds. The van der Waals surface area contributed by atoms with Crippen molar-refractivity contribution in [3.05, 3.63) is 125 Å². The summed E-state index contributed by atoms with van der Waals surface area (Å²) in [6.45, 7) is 1.76. The molecular formula is C32H20F8O. The Morgan fingerprint density at radius 2 is 1.12 bits per heavy atom. The molecule has 0 saturated heterocycles. The lowest BCUT2D eigenvalue weighted by molar-refractivity contribution is -0.187. The van der Waals surface area contributed by atoms with E-state index in [0.29, 0.717) is 23.1 Å². The van der Waals surface area contributed by atoms with Gasteiger partial charge in [0, 0.05) is 0 Å². The fourth-order valence-electron chi connectivity index (χ4n) is 4.61. The summed E-state index contributed by atoms with van der Waals surface area (Å²) in [6, 6.07) is 16.5. The van der Waals surface area contributed by atoms with Crippen LogP contribution in [0, 0.1) is 34.9 Å². The van der Waals surface area contributed by atoms with Crippen molar-refractivity contribution in [1.29, 1.82) is 0 Å². The van der Waals surface area contributed by atoms with Gasteiger partial charge in [-0.15, -0.1) is 0 Å². The number of halogens is 8. The Morgan fingerprint density at radius 3 is 1.68 bits per heavy atom. The van der Waals surface area contributed by atoms with E-state index in [2.05, 4.69) is 0 Å². The maximum atomic E-state index is 15.1. The third kappa shape index (κ3) is 5.36. The largest absolute Gasteiger partial charge is 0.429 e. The smallest absolute Gasteiger partial charge is 0.429 e. The number of hydrogen-bond donors (Lipinski definition) is 0. The number of hydrogen-bond acceptors (Lipinski definition) is 1. The summed E-state index contributed by atoms with van der Waals surface area (Å²) in [6.07, 6.45) is -3.50. The van der Waals surface area contributed by atoms with Gasteiger partial charge in [0.05, 0.1) is 5.39 Å². The highest BCUT2D eigenvalue weighted by Gasteiger charge is 2.39. The number of benzene rings is 5. The summed E-state index contributed by atoms with van der Waals surface area (Å²) in [5, 5.41) is -0.928. The summed E-state index contributed by atoms with van der Waals surface area (Å²) in [7, 11) is 0. The van der Waals surface area contributed by atoms with Crippen molar-refractivity contribution in [3.8, 4) is 28.0 Å².